The first-order valence-electron chi connectivity index (χ1n) is 9.64. The van der Waals surface area contributed by atoms with Crippen molar-refractivity contribution in [3.8, 4) is 0 Å². The summed E-state index contributed by atoms with van der Waals surface area (Å²) in [7, 11) is 0. The van der Waals surface area contributed by atoms with Gasteiger partial charge in [0.1, 0.15) is 0 Å². The van der Waals surface area contributed by atoms with Crippen molar-refractivity contribution in [3.63, 3.8) is 0 Å². The van der Waals surface area contributed by atoms with Crippen molar-refractivity contribution in [1.82, 2.24) is 19.5 Å². The average Bonchev–Trinajstić information content (AvgIpc) is 3.03. The fourth-order valence-electron chi connectivity index (χ4n) is 4.01. The molecule has 1 aliphatic rings. The minimum Gasteiger partial charge on any atom is -0.298 e. The van der Waals surface area contributed by atoms with Gasteiger partial charge in [0.05, 0.1) is 16.3 Å². The summed E-state index contributed by atoms with van der Waals surface area (Å²) in [6, 6.07) is 10.0. The van der Waals surface area contributed by atoms with Crippen LogP contribution in [0.3, 0.4) is 0 Å². The molecular formula is C21H22ClN5O2. The monoisotopic (exact) mass is 411 g/mol. The standard InChI is InChI=1S/C21H22ClN5O2/c1-15-19(9-12-26(28)29)21-23-10-8-20(27(21)24-15)17-3-2-11-25(14-17)13-16-4-6-18(22)7-5-16/h4-10,12,17H,2-3,11,13-14H2,1H3/b12-9+. The molecule has 29 heavy (non-hydrogen) atoms. The van der Waals surface area contributed by atoms with Gasteiger partial charge < -0.3 is 0 Å². The average molecular weight is 412 g/mol. The third kappa shape index (κ3) is 4.31. The van der Waals surface area contributed by atoms with Crippen LogP contribution in [-0.2, 0) is 6.54 Å². The molecule has 1 aliphatic heterocycles. The van der Waals surface area contributed by atoms with Gasteiger partial charge in [-0.3, -0.25) is 15.0 Å². The van der Waals surface area contributed by atoms with Gasteiger partial charge in [-0.25, -0.2) is 9.50 Å². The third-order valence-electron chi connectivity index (χ3n) is 5.37. The summed E-state index contributed by atoms with van der Waals surface area (Å²) in [6.07, 6.45) is 6.37. The van der Waals surface area contributed by atoms with E-state index in [0.29, 0.717) is 17.1 Å². The van der Waals surface area contributed by atoms with Crippen molar-refractivity contribution in [1.29, 1.82) is 0 Å². The minimum absolute atomic E-state index is 0.327. The van der Waals surface area contributed by atoms with E-state index in [4.69, 9.17) is 11.6 Å². The van der Waals surface area contributed by atoms with Crippen LogP contribution in [-0.4, -0.2) is 37.5 Å². The van der Waals surface area contributed by atoms with E-state index in [1.54, 1.807) is 6.20 Å². The molecule has 0 N–H and O–H groups in total. The number of fused-ring (bicyclic) bond motifs is 1. The first kappa shape index (κ1) is 19.5. The summed E-state index contributed by atoms with van der Waals surface area (Å²) in [6.45, 7) is 4.73. The Bertz CT molecular complexity index is 1060. The number of halogens is 1. The number of benzene rings is 1. The SMILES string of the molecule is Cc1nn2c(C3CCCN(Cc4ccc(Cl)cc4)C3)ccnc2c1/C=C/[N+](=O)[O-]. The van der Waals surface area contributed by atoms with Crippen LogP contribution in [0.4, 0.5) is 0 Å². The second-order valence-corrected chi connectivity index (χ2v) is 7.84. The van der Waals surface area contributed by atoms with Gasteiger partial charge in [-0.05, 0) is 50.1 Å². The Hall–Kier alpha value is -2.77. The van der Waals surface area contributed by atoms with E-state index < -0.39 is 4.92 Å². The van der Waals surface area contributed by atoms with E-state index in [0.717, 1.165) is 55.1 Å². The van der Waals surface area contributed by atoms with Crippen LogP contribution in [0.1, 0.15) is 41.3 Å². The van der Waals surface area contributed by atoms with Crippen molar-refractivity contribution < 1.29 is 4.92 Å². The van der Waals surface area contributed by atoms with E-state index >= 15 is 0 Å². The molecule has 0 spiro atoms. The van der Waals surface area contributed by atoms with Gasteiger partial charge in [0.2, 0.25) is 6.20 Å². The Morgan fingerprint density at radius 1 is 1.31 bits per heavy atom. The lowest BCUT2D eigenvalue weighted by atomic mass is 9.94. The van der Waals surface area contributed by atoms with Gasteiger partial charge in [-0.2, -0.15) is 5.10 Å². The Kier molecular flexibility index (Phi) is 5.60. The number of aryl methyl sites for hydroxylation is 1. The molecule has 0 amide bonds. The Morgan fingerprint density at radius 2 is 2.10 bits per heavy atom. The van der Waals surface area contributed by atoms with E-state index in [-0.39, 0.29) is 0 Å². The largest absolute Gasteiger partial charge is 0.298 e. The molecule has 1 saturated heterocycles. The van der Waals surface area contributed by atoms with E-state index in [1.807, 2.05) is 29.6 Å². The number of piperidine rings is 1. The molecule has 1 aromatic carbocycles. The Labute approximate surface area is 173 Å². The lowest BCUT2D eigenvalue weighted by Crippen LogP contribution is -2.34. The summed E-state index contributed by atoms with van der Waals surface area (Å²) < 4.78 is 1.85. The van der Waals surface area contributed by atoms with Crippen molar-refractivity contribution in [3.05, 3.63) is 80.4 Å². The number of aromatic nitrogens is 3. The van der Waals surface area contributed by atoms with Crippen LogP contribution in [0, 0.1) is 17.0 Å². The molecule has 7 nitrogen and oxygen atoms in total. The number of rotatable bonds is 5. The van der Waals surface area contributed by atoms with Crippen molar-refractivity contribution >= 4 is 23.3 Å². The maximum atomic E-state index is 10.7. The van der Waals surface area contributed by atoms with Gasteiger partial charge in [0.25, 0.3) is 0 Å². The molecule has 3 aromatic rings. The van der Waals surface area contributed by atoms with Crippen LogP contribution >= 0.6 is 11.6 Å². The molecular weight excluding hydrogens is 390 g/mol. The molecule has 4 rings (SSSR count). The molecule has 1 fully saturated rings. The number of nitrogens with zero attached hydrogens (tertiary/aromatic N) is 5. The molecule has 8 heteroatoms. The molecule has 0 saturated carbocycles. The Balaban J connectivity index is 1.59. The highest BCUT2D eigenvalue weighted by atomic mass is 35.5. The zero-order valence-electron chi connectivity index (χ0n) is 16.2. The highest BCUT2D eigenvalue weighted by Gasteiger charge is 2.24. The van der Waals surface area contributed by atoms with Crippen LogP contribution in [0.25, 0.3) is 11.7 Å². The fraction of sp³-hybridized carbons (Fsp3) is 0.333. The van der Waals surface area contributed by atoms with Gasteiger partial charge >= 0.3 is 0 Å². The number of likely N-dealkylation sites (tertiary alicyclic amines) is 1. The molecule has 3 heterocycles. The summed E-state index contributed by atoms with van der Waals surface area (Å²) in [5.74, 6) is 0.327. The van der Waals surface area contributed by atoms with Gasteiger partial charge in [-0.1, -0.05) is 23.7 Å². The van der Waals surface area contributed by atoms with Crippen molar-refractivity contribution in [2.24, 2.45) is 0 Å². The summed E-state index contributed by atoms with van der Waals surface area (Å²) in [5, 5.41) is 16.1. The highest BCUT2D eigenvalue weighted by molar-refractivity contribution is 6.30. The smallest absolute Gasteiger partial charge is 0.235 e. The summed E-state index contributed by atoms with van der Waals surface area (Å²) >= 11 is 6.00. The van der Waals surface area contributed by atoms with E-state index in [2.05, 4.69) is 27.1 Å². The fourth-order valence-corrected chi connectivity index (χ4v) is 4.14. The number of nitro groups is 1. The summed E-state index contributed by atoms with van der Waals surface area (Å²) in [5.41, 5.74) is 4.43. The van der Waals surface area contributed by atoms with Crippen LogP contribution in [0.15, 0.2) is 42.7 Å². The zero-order chi connectivity index (χ0) is 20.4. The number of hydrogen-bond acceptors (Lipinski definition) is 5. The number of hydrogen-bond donors (Lipinski definition) is 0. The van der Waals surface area contributed by atoms with Gasteiger partial charge in [-0.15, -0.1) is 0 Å². The topological polar surface area (TPSA) is 76.6 Å². The minimum atomic E-state index is -0.470. The van der Waals surface area contributed by atoms with Crippen molar-refractivity contribution in [2.75, 3.05) is 13.1 Å². The lowest BCUT2D eigenvalue weighted by molar-refractivity contribution is -0.400. The molecule has 1 unspecified atom stereocenters. The maximum absolute atomic E-state index is 10.7. The summed E-state index contributed by atoms with van der Waals surface area (Å²) in [4.78, 5) is 17.1. The first-order valence-corrected chi connectivity index (χ1v) is 10.0. The first-order chi connectivity index (χ1) is 14.0. The predicted molar refractivity (Wildman–Crippen MR) is 112 cm³/mol. The van der Waals surface area contributed by atoms with E-state index in [9.17, 15) is 10.1 Å². The van der Waals surface area contributed by atoms with Crippen LogP contribution in [0.2, 0.25) is 5.02 Å². The Morgan fingerprint density at radius 3 is 2.86 bits per heavy atom. The molecule has 0 aliphatic carbocycles. The zero-order valence-corrected chi connectivity index (χ0v) is 16.9. The highest BCUT2D eigenvalue weighted by Crippen LogP contribution is 2.29. The van der Waals surface area contributed by atoms with E-state index in [1.165, 1.54) is 11.6 Å². The lowest BCUT2D eigenvalue weighted by Gasteiger charge is -2.33. The van der Waals surface area contributed by atoms with Crippen molar-refractivity contribution in [2.45, 2.75) is 32.2 Å². The molecule has 0 bridgehead atoms. The molecule has 0 radical (unpaired) electrons. The third-order valence-corrected chi connectivity index (χ3v) is 5.63. The predicted octanol–water partition coefficient (Wildman–Crippen LogP) is 4.32. The molecule has 2 aromatic heterocycles. The molecule has 1 atom stereocenters. The maximum Gasteiger partial charge on any atom is 0.235 e. The quantitative estimate of drug-likeness (QED) is 0.461. The second-order valence-electron chi connectivity index (χ2n) is 7.41. The van der Waals surface area contributed by atoms with Crippen LogP contribution < -0.4 is 0 Å². The van der Waals surface area contributed by atoms with Crippen LogP contribution in [0.5, 0.6) is 0 Å². The van der Waals surface area contributed by atoms with Gasteiger partial charge in [0, 0.05) is 41.9 Å². The second kappa shape index (κ2) is 8.31. The normalized spacial score (nSPS) is 17.9. The molecule has 150 valence electrons. The van der Waals surface area contributed by atoms with Gasteiger partial charge in [0.15, 0.2) is 5.65 Å².